The van der Waals surface area contributed by atoms with Gasteiger partial charge in [-0.3, -0.25) is 0 Å². The first-order valence-electron chi connectivity index (χ1n) is 9.41. The number of morpholine rings is 1. The van der Waals surface area contributed by atoms with Crippen LogP contribution in [0, 0.1) is 0 Å². The molecule has 4 rings (SSSR count). The molecule has 1 fully saturated rings. The van der Waals surface area contributed by atoms with E-state index in [0.717, 1.165) is 54.9 Å². The maximum absolute atomic E-state index is 5.68. The number of hydrogen-bond donors (Lipinski definition) is 1. The predicted octanol–water partition coefficient (Wildman–Crippen LogP) is 2.87. The fraction of sp³-hybridized carbons (Fsp3) is 0.286. The van der Waals surface area contributed by atoms with Crippen molar-refractivity contribution >= 4 is 11.6 Å². The number of hydrogen-bond acceptors (Lipinski definition) is 7. The maximum Gasteiger partial charge on any atom is 0.130 e. The zero-order valence-electron chi connectivity index (χ0n) is 15.6. The van der Waals surface area contributed by atoms with Crippen molar-refractivity contribution in [2.24, 2.45) is 0 Å². The topological polar surface area (TPSA) is 72.4 Å². The number of para-hydroxylation sites is 1. The van der Waals surface area contributed by atoms with Crippen LogP contribution in [0.25, 0.3) is 11.3 Å². The molecule has 2 aromatic heterocycles. The van der Waals surface area contributed by atoms with Crippen LogP contribution in [0.4, 0.5) is 11.6 Å². The van der Waals surface area contributed by atoms with Crippen LogP contribution in [0.3, 0.4) is 0 Å². The Labute approximate surface area is 164 Å². The first-order valence-corrected chi connectivity index (χ1v) is 9.41. The molecular formula is C21H23N5O2. The quantitative estimate of drug-likeness (QED) is 0.635. The summed E-state index contributed by atoms with van der Waals surface area (Å²) in [6.45, 7) is 4.45. The number of pyridine rings is 1. The van der Waals surface area contributed by atoms with Gasteiger partial charge >= 0.3 is 0 Å². The van der Waals surface area contributed by atoms with Gasteiger partial charge in [-0.25, -0.2) is 15.0 Å². The van der Waals surface area contributed by atoms with Gasteiger partial charge in [0.1, 0.15) is 30.3 Å². The van der Waals surface area contributed by atoms with Crippen molar-refractivity contribution in [3.63, 3.8) is 0 Å². The molecule has 3 aromatic rings. The lowest BCUT2D eigenvalue weighted by atomic mass is 10.2. The molecule has 7 nitrogen and oxygen atoms in total. The van der Waals surface area contributed by atoms with E-state index < -0.39 is 0 Å². The Hall–Kier alpha value is -3.19. The van der Waals surface area contributed by atoms with Gasteiger partial charge in [-0.15, -0.1) is 0 Å². The van der Waals surface area contributed by atoms with E-state index in [2.05, 4.69) is 25.2 Å². The van der Waals surface area contributed by atoms with Crippen molar-refractivity contribution in [3.8, 4) is 17.0 Å². The largest absolute Gasteiger partial charge is 0.492 e. The molecule has 1 aromatic carbocycles. The molecule has 28 heavy (non-hydrogen) atoms. The zero-order chi connectivity index (χ0) is 19.0. The lowest BCUT2D eigenvalue weighted by Crippen LogP contribution is -2.36. The summed E-state index contributed by atoms with van der Waals surface area (Å²) in [5.41, 5.74) is 1.80. The van der Waals surface area contributed by atoms with E-state index >= 15 is 0 Å². The number of rotatable bonds is 7. The number of ether oxygens (including phenoxy) is 2. The Balaban J connectivity index is 1.34. The highest BCUT2D eigenvalue weighted by atomic mass is 16.5. The lowest BCUT2D eigenvalue weighted by Gasteiger charge is -2.27. The molecule has 1 saturated heterocycles. The second-order valence-electron chi connectivity index (χ2n) is 6.38. The Bertz CT molecular complexity index is 867. The third kappa shape index (κ3) is 4.75. The predicted molar refractivity (Wildman–Crippen MR) is 109 cm³/mol. The smallest absolute Gasteiger partial charge is 0.130 e. The summed E-state index contributed by atoms with van der Waals surface area (Å²) in [4.78, 5) is 15.5. The van der Waals surface area contributed by atoms with E-state index in [4.69, 9.17) is 9.47 Å². The van der Waals surface area contributed by atoms with Gasteiger partial charge in [0, 0.05) is 30.9 Å². The van der Waals surface area contributed by atoms with Crippen LogP contribution in [0.15, 0.2) is 61.1 Å². The molecule has 0 amide bonds. The molecule has 0 bridgehead atoms. The van der Waals surface area contributed by atoms with Crippen LogP contribution in [0.1, 0.15) is 0 Å². The van der Waals surface area contributed by atoms with Gasteiger partial charge in [0.2, 0.25) is 0 Å². The second-order valence-corrected chi connectivity index (χ2v) is 6.38. The average Bonchev–Trinajstić information content (AvgIpc) is 2.78. The fourth-order valence-corrected chi connectivity index (χ4v) is 2.99. The van der Waals surface area contributed by atoms with E-state index in [-0.39, 0.29) is 0 Å². The minimum Gasteiger partial charge on any atom is -0.492 e. The highest BCUT2D eigenvalue weighted by molar-refractivity contribution is 5.62. The van der Waals surface area contributed by atoms with Crippen LogP contribution in [0.2, 0.25) is 0 Å². The zero-order valence-corrected chi connectivity index (χ0v) is 15.6. The van der Waals surface area contributed by atoms with Crippen molar-refractivity contribution < 1.29 is 9.47 Å². The number of anilines is 2. The van der Waals surface area contributed by atoms with Gasteiger partial charge in [0.05, 0.1) is 25.5 Å². The molecule has 144 valence electrons. The Kier molecular flexibility index (Phi) is 5.94. The molecule has 1 aliphatic rings. The van der Waals surface area contributed by atoms with Crippen molar-refractivity contribution in [2.45, 2.75) is 0 Å². The highest BCUT2D eigenvalue weighted by Crippen LogP contribution is 2.21. The van der Waals surface area contributed by atoms with Gasteiger partial charge in [-0.2, -0.15) is 0 Å². The Morgan fingerprint density at radius 3 is 2.64 bits per heavy atom. The van der Waals surface area contributed by atoms with Crippen LogP contribution in [-0.2, 0) is 4.74 Å². The minimum absolute atomic E-state index is 0.555. The standard InChI is InChI=1S/C21H23N5O2/c1-2-4-18(5-3-1)28-11-8-22-20-14-19(24-16-25-20)17-6-7-21(23-15-17)26-9-12-27-13-10-26/h1-7,14-16H,8-13H2,(H,22,24,25). The molecule has 0 atom stereocenters. The molecule has 3 heterocycles. The summed E-state index contributed by atoms with van der Waals surface area (Å²) < 4.78 is 11.1. The Morgan fingerprint density at radius 1 is 1.00 bits per heavy atom. The summed E-state index contributed by atoms with van der Waals surface area (Å²) in [5.74, 6) is 2.59. The van der Waals surface area contributed by atoms with Crippen molar-refractivity contribution in [2.75, 3.05) is 49.7 Å². The monoisotopic (exact) mass is 377 g/mol. The van der Waals surface area contributed by atoms with E-state index in [9.17, 15) is 0 Å². The third-order valence-electron chi connectivity index (χ3n) is 4.47. The summed E-state index contributed by atoms with van der Waals surface area (Å²) in [6.07, 6.45) is 3.42. The number of aromatic nitrogens is 3. The average molecular weight is 377 g/mol. The molecular weight excluding hydrogens is 354 g/mol. The number of benzene rings is 1. The van der Waals surface area contributed by atoms with Crippen LogP contribution in [0.5, 0.6) is 5.75 Å². The second kappa shape index (κ2) is 9.14. The molecule has 0 unspecified atom stereocenters. The molecule has 1 aliphatic heterocycles. The van der Waals surface area contributed by atoms with Gasteiger partial charge in [0.15, 0.2) is 0 Å². The maximum atomic E-state index is 5.68. The van der Waals surface area contributed by atoms with E-state index in [1.54, 1.807) is 6.33 Å². The van der Waals surface area contributed by atoms with Crippen LogP contribution < -0.4 is 15.0 Å². The van der Waals surface area contributed by atoms with E-state index in [1.165, 1.54) is 0 Å². The lowest BCUT2D eigenvalue weighted by molar-refractivity contribution is 0.122. The van der Waals surface area contributed by atoms with Crippen molar-refractivity contribution in [3.05, 3.63) is 61.1 Å². The van der Waals surface area contributed by atoms with Gasteiger partial charge in [0.25, 0.3) is 0 Å². The molecule has 0 saturated carbocycles. The van der Waals surface area contributed by atoms with Crippen LogP contribution in [-0.4, -0.2) is 54.4 Å². The molecule has 0 radical (unpaired) electrons. The SMILES string of the molecule is c1ccc(OCCNc2cc(-c3ccc(N4CCOCC4)nc3)ncn2)cc1. The fourth-order valence-electron chi connectivity index (χ4n) is 2.99. The number of nitrogens with one attached hydrogen (secondary N) is 1. The number of nitrogens with zero attached hydrogens (tertiary/aromatic N) is 4. The van der Waals surface area contributed by atoms with Gasteiger partial charge in [-0.1, -0.05) is 18.2 Å². The van der Waals surface area contributed by atoms with E-state index in [1.807, 2.05) is 54.7 Å². The van der Waals surface area contributed by atoms with Crippen molar-refractivity contribution in [1.29, 1.82) is 0 Å². The van der Waals surface area contributed by atoms with Gasteiger partial charge < -0.3 is 19.7 Å². The molecule has 1 N–H and O–H groups in total. The van der Waals surface area contributed by atoms with E-state index in [0.29, 0.717) is 13.2 Å². The summed E-state index contributed by atoms with van der Waals surface area (Å²) in [7, 11) is 0. The summed E-state index contributed by atoms with van der Waals surface area (Å²) >= 11 is 0. The van der Waals surface area contributed by atoms with Crippen LogP contribution >= 0.6 is 0 Å². The van der Waals surface area contributed by atoms with Gasteiger partial charge in [-0.05, 0) is 24.3 Å². The minimum atomic E-state index is 0.555. The third-order valence-corrected chi connectivity index (χ3v) is 4.47. The highest BCUT2D eigenvalue weighted by Gasteiger charge is 2.12. The summed E-state index contributed by atoms with van der Waals surface area (Å²) in [5, 5.41) is 3.27. The first kappa shape index (κ1) is 18.2. The summed E-state index contributed by atoms with van der Waals surface area (Å²) in [6, 6.07) is 15.8. The molecule has 0 spiro atoms. The molecule has 7 heteroatoms. The first-order chi connectivity index (χ1) is 13.9. The van der Waals surface area contributed by atoms with Crippen molar-refractivity contribution in [1.82, 2.24) is 15.0 Å². The molecule has 0 aliphatic carbocycles. The normalized spacial score (nSPS) is 13.9. The Morgan fingerprint density at radius 2 is 1.86 bits per heavy atom.